The van der Waals surface area contributed by atoms with E-state index >= 15 is 0 Å². The van der Waals surface area contributed by atoms with Crippen molar-refractivity contribution >= 4 is 21.9 Å². The largest absolute Gasteiger partial charge is 0.490 e. The molecule has 1 aliphatic rings. The van der Waals surface area contributed by atoms with Crippen LogP contribution in [-0.4, -0.2) is 73.5 Å². The first-order chi connectivity index (χ1) is 16.8. The second-order valence-electron chi connectivity index (χ2n) is 8.42. The normalized spacial score (nSPS) is 14.4. The molecule has 1 aliphatic heterocycles. The van der Waals surface area contributed by atoms with Gasteiger partial charge in [-0.05, 0) is 29.2 Å². The van der Waals surface area contributed by atoms with Gasteiger partial charge >= 0.3 is 12.1 Å². The topological polar surface area (TPSA) is 107 Å². The number of sulfonamides is 1. The Hall–Kier alpha value is -2.96. The fourth-order valence-corrected chi connectivity index (χ4v) is 4.73. The van der Waals surface area contributed by atoms with Crippen LogP contribution in [0.15, 0.2) is 59.5 Å². The summed E-state index contributed by atoms with van der Waals surface area (Å²) < 4.78 is 59.8. The maximum atomic E-state index is 13.4. The molecule has 8 nitrogen and oxygen atoms in total. The molecule has 2 N–H and O–H groups in total. The number of carboxylic acids is 1. The van der Waals surface area contributed by atoms with Crippen molar-refractivity contribution in [3.8, 4) is 0 Å². The Balaban J connectivity index is 0.000000572. The quantitative estimate of drug-likeness (QED) is 0.571. The number of amides is 1. The van der Waals surface area contributed by atoms with E-state index in [4.69, 9.17) is 9.90 Å². The molecular formula is C24H30F3N3O5S. The predicted octanol–water partition coefficient (Wildman–Crippen LogP) is 3.07. The number of rotatable bonds is 7. The molecule has 1 heterocycles. The van der Waals surface area contributed by atoms with E-state index in [0.717, 1.165) is 24.2 Å². The third kappa shape index (κ3) is 8.61. The molecule has 2 aromatic carbocycles. The lowest BCUT2D eigenvalue weighted by molar-refractivity contribution is -0.192. The lowest BCUT2D eigenvalue weighted by Gasteiger charge is -2.30. The van der Waals surface area contributed by atoms with Gasteiger partial charge in [-0.15, -0.1) is 0 Å². The summed E-state index contributed by atoms with van der Waals surface area (Å²) in [6.07, 6.45) is -5.08. The van der Waals surface area contributed by atoms with Gasteiger partial charge in [0.2, 0.25) is 15.9 Å². The Morgan fingerprint density at radius 2 is 1.56 bits per heavy atom. The molecule has 0 unspecified atom stereocenters. The highest BCUT2D eigenvalue weighted by Gasteiger charge is 2.38. The number of carbonyl (C=O) groups is 2. The fraction of sp³-hybridized carbons (Fsp3) is 0.417. The number of nitrogens with one attached hydrogen (secondary N) is 1. The molecule has 0 spiro atoms. The van der Waals surface area contributed by atoms with Gasteiger partial charge in [0.05, 0.1) is 11.4 Å². The van der Waals surface area contributed by atoms with Crippen molar-refractivity contribution in [2.75, 3.05) is 32.7 Å². The van der Waals surface area contributed by atoms with E-state index in [2.05, 4.69) is 19.2 Å². The van der Waals surface area contributed by atoms with Crippen molar-refractivity contribution in [1.82, 2.24) is 14.5 Å². The third-order valence-electron chi connectivity index (χ3n) is 5.41. The molecule has 3 rings (SSSR count). The molecule has 0 aliphatic carbocycles. The molecule has 0 aromatic heterocycles. The Morgan fingerprint density at radius 1 is 1.03 bits per heavy atom. The van der Waals surface area contributed by atoms with E-state index in [1.54, 1.807) is 17.0 Å². The van der Waals surface area contributed by atoms with Gasteiger partial charge in [-0.2, -0.15) is 17.5 Å². The van der Waals surface area contributed by atoms with Crippen LogP contribution in [0.3, 0.4) is 0 Å². The van der Waals surface area contributed by atoms with Crippen LogP contribution >= 0.6 is 0 Å². The van der Waals surface area contributed by atoms with Crippen molar-refractivity contribution in [2.24, 2.45) is 0 Å². The van der Waals surface area contributed by atoms with Crippen LogP contribution < -0.4 is 5.32 Å². The summed E-state index contributed by atoms with van der Waals surface area (Å²) in [7, 11) is -3.81. The minimum absolute atomic E-state index is 0.160. The number of benzene rings is 2. The van der Waals surface area contributed by atoms with Gasteiger partial charge in [0.1, 0.15) is 0 Å². The summed E-state index contributed by atoms with van der Waals surface area (Å²) in [5.74, 6) is -2.60. The summed E-state index contributed by atoms with van der Waals surface area (Å²) in [6.45, 7) is 6.79. The first-order valence-electron chi connectivity index (χ1n) is 11.2. The molecule has 0 atom stereocenters. The van der Waals surface area contributed by atoms with E-state index in [0.29, 0.717) is 19.0 Å². The first-order valence-corrected chi connectivity index (χ1v) is 12.7. The van der Waals surface area contributed by atoms with Crippen LogP contribution in [0.25, 0.3) is 0 Å². The number of halogens is 3. The van der Waals surface area contributed by atoms with Crippen LogP contribution in [-0.2, 0) is 26.2 Å². The van der Waals surface area contributed by atoms with Gasteiger partial charge in [-0.1, -0.05) is 56.3 Å². The second kappa shape index (κ2) is 12.8. The van der Waals surface area contributed by atoms with Gasteiger partial charge in [-0.3, -0.25) is 4.79 Å². The predicted molar refractivity (Wildman–Crippen MR) is 128 cm³/mol. The minimum atomic E-state index is -5.08. The molecule has 12 heteroatoms. The van der Waals surface area contributed by atoms with Crippen LogP contribution in [0.2, 0.25) is 0 Å². The lowest BCUT2D eigenvalue weighted by Crippen LogP contribution is -2.50. The zero-order valence-corrected chi connectivity index (χ0v) is 20.8. The van der Waals surface area contributed by atoms with E-state index in [9.17, 15) is 26.4 Å². The molecular weight excluding hydrogens is 499 g/mol. The maximum absolute atomic E-state index is 13.4. The van der Waals surface area contributed by atoms with Crippen molar-refractivity contribution in [1.29, 1.82) is 0 Å². The van der Waals surface area contributed by atoms with Gasteiger partial charge in [0.15, 0.2) is 0 Å². The zero-order chi connectivity index (χ0) is 26.9. The number of carboxylic acid groups (broad SMARTS) is 1. The molecule has 0 radical (unpaired) electrons. The van der Waals surface area contributed by atoms with Gasteiger partial charge in [0.25, 0.3) is 0 Å². The van der Waals surface area contributed by atoms with E-state index in [1.165, 1.54) is 4.31 Å². The SMILES string of the molecule is CC(C)c1ccc(S(=O)(=O)N(CC(=O)N2CCNCC2)Cc2ccccc2)cc1.O=C(O)C(F)(F)F. The molecule has 198 valence electrons. The van der Waals surface area contributed by atoms with Gasteiger partial charge in [0, 0.05) is 32.7 Å². The van der Waals surface area contributed by atoms with Crippen LogP contribution in [0.1, 0.15) is 30.9 Å². The minimum Gasteiger partial charge on any atom is -0.475 e. The first kappa shape index (κ1) is 29.3. The number of hydrogen-bond donors (Lipinski definition) is 2. The van der Waals surface area contributed by atoms with Gasteiger partial charge in [-0.25, -0.2) is 13.2 Å². The molecule has 1 fully saturated rings. The number of carbonyl (C=O) groups excluding carboxylic acids is 1. The highest BCUT2D eigenvalue weighted by atomic mass is 32.2. The Morgan fingerprint density at radius 3 is 2.03 bits per heavy atom. The number of piperazine rings is 1. The molecule has 0 bridgehead atoms. The van der Waals surface area contributed by atoms with Crippen molar-refractivity contribution in [3.05, 3.63) is 65.7 Å². The third-order valence-corrected chi connectivity index (χ3v) is 7.22. The monoisotopic (exact) mass is 529 g/mol. The summed E-state index contributed by atoms with van der Waals surface area (Å²) >= 11 is 0. The summed E-state index contributed by atoms with van der Waals surface area (Å²) in [5, 5.41) is 10.3. The Labute approximate surface area is 208 Å². The number of alkyl halides is 3. The highest BCUT2D eigenvalue weighted by Crippen LogP contribution is 2.22. The number of aliphatic carboxylic acids is 1. The summed E-state index contributed by atoms with van der Waals surface area (Å²) in [6, 6.07) is 16.3. The molecule has 2 aromatic rings. The van der Waals surface area contributed by atoms with Gasteiger partial charge < -0.3 is 15.3 Å². The average Bonchev–Trinajstić information content (AvgIpc) is 2.84. The second-order valence-corrected chi connectivity index (χ2v) is 10.4. The van der Waals surface area contributed by atoms with E-state index < -0.39 is 22.2 Å². The smallest absolute Gasteiger partial charge is 0.475 e. The summed E-state index contributed by atoms with van der Waals surface area (Å²) in [4.78, 5) is 23.6. The Bertz CT molecular complexity index is 1100. The van der Waals surface area contributed by atoms with Crippen LogP contribution in [0.5, 0.6) is 0 Å². The van der Waals surface area contributed by atoms with Crippen LogP contribution in [0, 0.1) is 0 Å². The van der Waals surface area contributed by atoms with Crippen LogP contribution in [0.4, 0.5) is 13.2 Å². The molecule has 1 saturated heterocycles. The summed E-state index contributed by atoms with van der Waals surface area (Å²) in [5.41, 5.74) is 1.93. The number of hydrogen-bond acceptors (Lipinski definition) is 5. The number of nitrogens with zero attached hydrogens (tertiary/aromatic N) is 2. The average molecular weight is 530 g/mol. The fourth-order valence-electron chi connectivity index (χ4n) is 3.35. The van der Waals surface area contributed by atoms with E-state index in [1.807, 2.05) is 42.5 Å². The van der Waals surface area contributed by atoms with Crippen molar-refractivity contribution in [2.45, 2.75) is 37.4 Å². The molecule has 0 saturated carbocycles. The molecule has 36 heavy (non-hydrogen) atoms. The van der Waals surface area contributed by atoms with Crippen molar-refractivity contribution in [3.63, 3.8) is 0 Å². The van der Waals surface area contributed by atoms with E-state index in [-0.39, 0.29) is 23.9 Å². The highest BCUT2D eigenvalue weighted by molar-refractivity contribution is 7.89. The Kier molecular flexibility index (Phi) is 10.4. The maximum Gasteiger partial charge on any atom is 0.490 e. The lowest BCUT2D eigenvalue weighted by atomic mass is 10.0. The standard InChI is InChI=1S/C22H29N3O3S.C2HF3O2/c1-18(2)20-8-10-21(11-9-20)29(27,28)25(16-19-6-4-3-5-7-19)17-22(26)24-14-12-23-13-15-24;3-2(4,5)1(6)7/h3-11,18,23H,12-17H2,1-2H3;(H,6,7). The molecule has 1 amide bonds. The van der Waals surface area contributed by atoms with Crippen molar-refractivity contribution < 1.29 is 36.3 Å². The zero-order valence-electron chi connectivity index (χ0n) is 20.0.